The van der Waals surface area contributed by atoms with Crippen LogP contribution in [-0.4, -0.2) is 12.1 Å². The lowest BCUT2D eigenvalue weighted by Crippen LogP contribution is -2.13. The van der Waals surface area contributed by atoms with Gasteiger partial charge >= 0.3 is 6.18 Å². The number of Topliss-reactive ketones (excluding diaryl/α,β-unsaturated/α-hetero) is 1. The van der Waals surface area contributed by atoms with Gasteiger partial charge in [-0.25, -0.2) is 0 Å². The fraction of sp³-hybridized carbons (Fsp3) is 0.100. The third kappa shape index (κ3) is 2.42. The molecule has 0 aliphatic rings. The first-order chi connectivity index (χ1) is 7.81. The van der Waals surface area contributed by atoms with Crippen molar-refractivity contribution in [2.75, 3.05) is 5.73 Å². The van der Waals surface area contributed by atoms with Gasteiger partial charge in [-0.3, -0.25) is 9.59 Å². The van der Waals surface area contributed by atoms with Crippen molar-refractivity contribution in [3.05, 3.63) is 28.8 Å². The Morgan fingerprint density at radius 1 is 1.41 bits per heavy atom. The molecule has 4 nitrogen and oxygen atoms in total. The Morgan fingerprint density at radius 3 is 2.41 bits per heavy atom. The summed E-state index contributed by atoms with van der Waals surface area (Å²) in [6.45, 7) is 0. The Morgan fingerprint density at radius 2 is 2.00 bits per heavy atom. The number of anilines is 1. The van der Waals surface area contributed by atoms with Crippen LogP contribution >= 0.6 is 0 Å². The standard InChI is InChI=1S/C10H5F3N2O2/c11-10(12,13)7-2-5(8(17)4-16)1-6(3-14)9(7)15/h1-2,4H,15H2. The number of nitrogen functional groups attached to an aromatic ring is 1. The lowest BCUT2D eigenvalue weighted by molar-refractivity contribution is -0.137. The van der Waals surface area contributed by atoms with Crippen LogP contribution in [0.15, 0.2) is 12.1 Å². The molecule has 0 heterocycles. The molecule has 0 amide bonds. The number of carbonyl (C=O) groups is 2. The summed E-state index contributed by atoms with van der Waals surface area (Å²) in [5, 5.41) is 8.59. The lowest BCUT2D eigenvalue weighted by Gasteiger charge is -2.12. The lowest BCUT2D eigenvalue weighted by atomic mass is 10.0. The first-order valence-electron chi connectivity index (χ1n) is 4.21. The summed E-state index contributed by atoms with van der Waals surface area (Å²) < 4.78 is 37.6. The third-order valence-electron chi connectivity index (χ3n) is 2.00. The molecule has 0 aliphatic heterocycles. The van der Waals surface area contributed by atoms with E-state index in [4.69, 9.17) is 11.0 Å². The number of aldehydes is 1. The Balaban J connectivity index is 3.57. The molecule has 0 fully saturated rings. The summed E-state index contributed by atoms with van der Waals surface area (Å²) in [7, 11) is 0. The Kier molecular flexibility index (Phi) is 3.18. The van der Waals surface area contributed by atoms with Gasteiger partial charge in [0.15, 0.2) is 6.29 Å². The number of carbonyl (C=O) groups excluding carboxylic acids is 2. The molecule has 0 bridgehead atoms. The van der Waals surface area contributed by atoms with Gasteiger partial charge < -0.3 is 5.73 Å². The van der Waals surface area contributed by atoms with Crippen molar-refractivity contribution in [1.29, 1.82) is 5.26 Å². The van der Waals surface area contributed by atoms with E-state index in [9.17, 15) is 22.8 Å². The molecule has 2 N–H and O–H groups in total. The minimum Gasteiger partial charge on any atom is -0.397 e. The third-order valence-corrected chi connectivity index (χ3v) is 2.00. The maximum Gasteiger partial charge on any atom is 0.418 e. The van der Waals surface area contributed by atoms with E-state index in [-0.39, 0.29) is 6.29 Å². The molecule has 7 heteroatoms. The quantitative estimate of drug-likeness (QED) is 0.369. The molecule has 0 aliphatic carbocycles. The molecular formula is C10H5F3N2O2. The highest BCUT2D eigenvalue weighted by atomic mass is 19.4. The number of ketones is 1. The fourth-order valence-electron chi connectivity index (χ4n) is 1.19. The van der Waals surface area contributed by atoms with Gasteiger partial charge in [0.2, 0.25) is 5.78 Å². The summed E-state index contributed by atoms with van der Waals surface area (Å²) in [5.74, 6) is -1.15. The molecule has 0 unspecified atom stereocenters. The molecule has 1 rings (SSSR count). The van der Waals surface area contributed by atoms with Crippen molar-refractivity contribution >= 4 is 17.8 Å². The molecule has 88 valence electrons. The predicted octanol–water partition coefficient (Wildman–Crippen LogP) is 1.54. The van der Waals surface area contributed by atoms with Gasteiger partial charge in [0.05, 0.1) is 16.8 Å². The number of nitrogens with two attached hydrogens (primary N) is 1. The average Bonchev–Trinajstić information content (AvgIpc) is 2.26. The summed E-state index contributed by atoms with van der Waals surface area (Å²) in [6, 6.07) is 2.73. The average molecular weight is 242 g/mol. The Bertz CT molecular complexity index is 530. The smallest absolute Gasteiger partial charge is 0.397 e. The second-order valence-electron chi connectivity index (χ2n) is 3.08. The summed E-state index contributed by atoms with van der Waals surface area (Å²) >= 11 is 0. The molecule has 0 spiro atoms. The largest absolute Gasteiger partial charge is 0.418 e. The predicted molar refractivity (Wildman–Crippen MR) is 51.0 cm³/mol. The van der Waals surface area contributed by atoms with Crippen molar-refractivity contribution < 1.29 is 22.8 Å². The SMILES string of the molecule is N#Cc1cc(C(=O)C=O)cc(C(F)(F)F)c1N. The summed E-state index contributed by atoms with van der Waals surface area (Å²) in [5.41, 5.74) is 2.07. The van der Waals surface area contributed by atoms with Crippen molar-refractivity contribution in [2.45, 2.75) is 6.18 Å². The van der Waals surface area contributed by atoms with Crippen LogP contribution in [0.1, 0.15) is 21.5 Å². The molecule has 1 aromatic carbocycles. The van der Waals surface area contributed by atoms with E-state index in [0.717, 1.165) is 6.07 Å². The van der Waals surface area contributed by atoms with Crippen LogP contribution in [-0.2, 0) is 11.0 Å². The number of benzene rings is 1. The van der Waals surface area contributed by atoms with Crippen LogP contribution < -0.4 is 5.73 Å². The number of hydrogen-bond acceptors (Lipinski definition) is 4. The summed E-state index contributed by atoms with van der Waals surface area (Å²) in [6.07, 6.45) is -4.93. The molecule has 0 aromatic heterocycles. The highest BCUT2D eigenvalue weighted by Gasteiger charge is 2.35. The fourth-order valence-corrected chi connectivity index (χ4v) is 1.19. The second-order valence-corrected chi connectivity index (χ2v) is 3.08. The molecule has 0 saturated carbocycles. The Hall–Kier alpha value is -2.36. The minimum atomic E-state index is -4.80. The van der Waals surface area contributed by atoms with Gasteiger partial charge in [-0.15, -0.1) is 0 Å². The van der Waals surface area contributed by atoms with Crippen LogP contribution in [0.2, 0.25) is 0 Å². The molecule has 17 heavy (non-hydrogen) atoms. The van der Waals surface area contributed by atoms with Crippen molar-refractivity contribution in [3.8, 4) is 6.07 Å². The van der Waals surface area contributed by atoms with Crippen LogP contribution in [0.3, 0.4) is 0 Å². The highest BCUT2D eigenvalue weighted by molar-refractivity contribution is 6.33. The minimum absolute atomic E-state index is 0.132. The number of nitrogens with zero attached hydrogens (tertiary/aromatic N) is 1. The van der Waals surface area contributed by atoms with Crippen molar-refractivity contribution in [1.82, 2.24) is 0 Å². The van der Waals surface area contributed by atoms with Gasteiger partial charge in [-0.1, -0.05) is 0 Å². The number of rotatable bonds is 2. The molecule has 0 saturated heterocycles. The van der Waals surface area contributed by atoms with Gasteiger partial charge in [-0.05, 0) is 12.1 Å². The molecule has 0 radical (unpaired) electrons. The van der Waals surface area contributed by atoms with E-state index < -0.39 is 34.3 Å². The molecule has 1 aromatic rings. The van der Waals surface area contributed by atoms with E-state index in [1.54, 1.807) is 0 Å². The van der Waals surface area contributed by atoms with E-state index in [2.05, 4.69) is 0 Å². The van der Waals surface area contributed by atoms with E-state index in [0.29, 0.717) is 6.07 Å². The number of alkyl halides is 3. The van der Waals surface area contributed by atoms with E-state index in [1.807, 2.05) is 0 Å². The van der Waals surface area contributed by atoms with Gasteiger partial charge in [0.1, 0.15) is 6.07 Å². The monoisotopic (exact) mass is 242 g/mol. The van der Waals surface area contributed by atoms with Crippen LogP contribution in [0, 0.1) is 11.3 Å². The number of halogens is 3. The van der Waals surface area contributed by atoms with Gasteiger partial charge in [-0.2, -0.15) is 18.4 Å². The zero-order chi connectivity index (χ0) is 13.2. The Labute approximate surface area is 93.4 Å². The first-order valence-corrected chi connectivity index (χ1v) is 4.21. The molecular weight excluding hydrogens is 237 g/mol. The normalized spacial score (nSPS) is 10.7. The van der Waals surface area contributed by atoms with Crippen LogP contribution in [0.25, 0.3) is 0 Å². The zero-order valence-corrected chi connectivity index (χ0v) is 8.21. The van der Waals surface area contributed by atoms with E-state index in [1.165, 1.54) is 6.07 Å². The number of hydrogen-bond donors (Lipinski definition) is 1. The first kappa shape index (κ1) is 12.7. The highest BCUT2D eigenvalue weighted by Crippen LogP contribution is 2.35. The maximum atomic E-state index is 12.5. The molecule has 0 atom stereocenters. The number of nitriles is 1. The van der Waals surface area contributed by atoms with E-state index >= 15 is 0 Å². The van der Waals surface area contributed by atoms with Gasteiger partial charge in [0.25, 0.3) is 0 Å². The zero-order valence-electron chi connectivity index (χ0n) is 8.21. The topological polar surface area (TPSA) is 84.0 Å². The maximum absolute atomic E-state index is 12.5. The van der Waals surface area contributed by atoms with Crippen LogP contribution in [0.5, 0.6) is 0 Å². The summed E-state index contributed by atoms with van der Waals surface area (Å²) in [4.78, 5) is 21.2. The van der Waals surface area contributed by atoms with Crippen molar-refractivity contribution in [2.24, 2.45) is 0 Å². The van der Waals surface area contributed by atoms with Gasteiger partial charge in [0, 0.05) is 5.56 Å². The second kappa shape index (κ2) is 4.25. The van der Waals surface area contributed by atoms with Crippen molar-refractivity contribution in [3.63, 3.8) is 0 Å². The van der Waals surface area contributed by atoms with Crippen LogP contribution in [0.4, 0.5) is 18.9 Å².